The highest BCUT2D eigenvalue weighted by molar-refractivity contribution is 9.10. The smallest absolute Gasteiger partial charge is 0.407 e. The lowest BCUT2D eigenvalue weighted by Crippen LogP contribution is -2.32. The molecular weight excluding hydrogens is 320 g/mol. The molecule has 0 aliphatic heterocycles. The van der Waals surface area contributed by atoms with E-state index in [9.17, 15) is 13.6 Å². The zero-order chi connectivity index (χ0) is 14.6. The van der Waals surface area contributed by atoms with Gasteiger partial charge < -0.3 is 10.1 Å². The number of nitrogens with one attached hydrogen (secondary N) is 1. The standard InChI is InChI=1S/C13H16BrF2NO2/c1-13(2,3)19-12(18)17-7-8-4-5-9(14)6-10(8)11(15)16/h4-6,11H,7H2,1-3H3,(H,17,18). The first-order valence-electron chi connectivity index (χ1n) is 5.72. The number of rotatable bonds is 3. The number of halogens is 3. The van der Waals surface area contributed by atoms with E-state index in [1.54, 1.807) is 32.9 Å². The van der Waals surface area contributed by atoms with Crippen LogP contribution in [0.4, 0.5) is 13.6 Å². The normalized spacial score (nSPS) is 11.5. The largest absolute Gasteiger partial charge is 0.444 e. The van der Waals surface area contributed by atoms with E-state index in [1.807, 2.05) is 0 Å². The SMILES string of the molecule is CC(C)(C)OC(=O)NCc1ccc(Br)cc1C(F)F. The van der Waals surface area contributed by atoms with E-state index >= 15 is 0 Å². The van der Waals surface area contributed by atoms with Crippen molar-refractivity contribution < 1.29 is 18.3 Å². The quantitative estimate of drug-likeness (QED) is 0.888. The zero-order valence-corrected chi connectivity index (χ0v) is 12.6. The van der Waals surface area contributed by atoms with E-state index in [0.717, 1.165) is 0 Å². The second-order valence-electron chi connectivity index (χ2n) is 5.00. The summed E-state index contributed by atoms with van der Waals surface area (Å²) in [6, 6.07) is 4.54. The molecule has 0 radical (unpaired) electrons. The van der Waals surface area contributed by atoms with Gasteiger partial charge in [-0.15, -0.1) is 0 Å². The van der Waals surface area contributed by atoms with E-state index < -0.39 is 18.1 Å². The molecule has 0 bridgehead atoms. The van der Waals surface area contributed by atoms with Gasteiger partial charge in [-0.3, -0.25) is 0 Å². The Labute approximate surface area is 119 Å². The number of benzene rings is 1. The fourth-order valence-electron chi connectivity index (χ4n) is 1.41. The Morgan fingerprint density at radius 3 is 2.58 bits per heavy atom. The minimum atomic E-state index is -2.59. The Balaban J connectivity index is 2.70. The minimum absolute atomic E-state index is 0.00185. The summed E-state index contributed by atoms with van der Waals surface area (Å²) >= 11 is 3.14. The van der Waals surface area contributed by atoms with E-state index in [1.165, 1.54) is 6.07 Å². The van der Waals surface area contributed by atoms with Crippen molar-refractivity contribution >= 4 is 22.0 Å². The molecule has 0 aliphatic carbocycles. The Bertz CT molecular complexity index is 458. The van der Waals surface area contributed by atoms with Gasteiger partial charge in [0.15, 0.2) is 0 Å². The predicted molar refractivity (Wildman–Crippen MR) is 72.2 cm³/mol. The maximum absolute atomic E-state index is 12.8. The Morgan fingerprint density at radius 2 is 2.05 bits per heavy atom. The number of alkyl halides is 2. The summed E-state index contributed by atoms with van der Waals surface area (Å²) in [5, 5.41) is 2.46. The van der Waals surface area contributed by atoms with Gasteiger partial charge >= 0.3 is 6.09 Å². The molecule has 0 saturated carbocycles. The molecule has 3 nitrogen and oxygen atoms in total. The van der Waals surface area contributed by atoms with Gasteiger partial charge in [0.2, 0.25) is 0 Å². The number of hydrogen-bond donors (Lipinski definition) is 1. The number of ether oxygens (including phenoxy) is 1. The van der Waals surface area contributed by atoms with Crippen LogP contribution in [0.25, 0.3) is 0 Å². The molecule has 0 fully saturated rings. The fourth-order valence-corrected chi connectivity index (χ4v) is 1.79. The molecular formula is C13H16BrF2NO2. The van der Waals surface area contributed by atoms with Crippen LogP contribution in [-0.2, 0) is 11.3 Å². The van der Waals surface area contributed by atoms with E-state index in [-0.39, 0.29) is 12.1 Å². The van der Waals surface area contributed by atoms with Crippen LogP contribution in [0.5, 0.6) is 0 Å². The van der Waals surface area contributed by atoms with Crippen molar-refractivity contribution in [2.75, 3.05) is 0 Å². The van der Waals surface area contributed by atoms with E-state index in [0.29, 0.717) is 10.0 Å². The maximum Gasteiger partial charge on any atom is 0.407 e. The molecule has 1 aromatic carbocycles. The van der Waals surface area contributed by atoms with Crippen LogP contribution >= 0.6 is 15.9 Å². The van der Waals surface area contributed by atoms with Gasteiger partial charge in [0.25, 0.3) is 6.43 Å². The van der Waals surface area contributed by atoms with Gasteiger partial charge in [0.05, 0.1) is 0 Å². The third kappa shape index (κ3) is 5.55. The van der Waals surface area contributed by atoms with E-state index in [2.05, 4.69) is 21.2 Å². The van der Waals surface area contributed by atoms with Gasteiger partial charge in [0, 0.05) is 16.6 Å². The molecule has 1 N–H and O–H groups in total. The summed E-state index contributed by atoms with van der Waals surface area (Å²) in [4.78, 5) is 11.4. The third-order valence-electron chi connectivity index (χ3n) is 2.17. The van der Waals surface area contributed by atoms with Crippen LogP contribution in [0, 0.1) is 0 Å². The highest BCUT2D eigenvalue weighted by Crippen LogP contribution is 2.26. The summed E-state index contributed by atoms with van der Waals surface area (Å²) in [5.74, 6) is 0. The number of carbonyl (C=O) groups is 1. The van der Waals surface area contributed by atoms with E-state index in [4.69, 9.17) is 4.74 Å². The van der Waals surface area contributed by atoms with Crippen molar-refractivity contribution in [3.63, 3.8) is 0 Å². The zero-order valence-electron chi connectivity index (χ0n) is 11.0. The molecule has 0 atom stereocenters. The molecule has 1 amide bonds. The molecule has 0 heterocycles. The van der Waals surface area contributed by atoms with Gasteiger partial charge in [-0.05, 0) is 38.5 Å². The number of hydrogen-bond acceptors (Lipinski definition) is 2. The lowest BCUT2D eigenvalue weighted by atomic mass is 10.1. The molecule has 0 spiro atoms. The topological polar surface area (TPSA) is 38.3 Å². The highest BCUT2D eigenvalue weighted by atomic mass is 79.9. The molecule has 6 heteroatoms. The summed E-state index contributed by atoms with van der Waals surface area (Å²) in [7, 11) is 0. The fraction of sp³-hybridized carbons (Fsp3) is 0.462. The third-order valence-corrected chi connectivity index (χ3v) is 2.66. The number of amides is 1. The second-order valence-corrected chi connectivity index (χ2v) is 5.91. The summed E-state index contributed by atoms with van der Waals surface area (Å²) in [6.07, 6.45) is -3.22. The van der Waals surface area contributed by atoms with Crippen molar-refractivity contribution in [1.82, 2.24) is 5.32 Å². The lowest BCUT2D eigenvalue weighted by molar-refractivity contribution is 0.0522. The lowest BCUT2D eigenvalue weighted by Gasteiger charge is -2.20. The molecule has 19 heavy (non-hydrogen) atoms. The minimum Gasteiger partial charge on any atom is -0.444 e. The van der Waals surface area contributed by atoms with Crippen LogP contribution < -0.4 is 5.32 Å². The summed E-state index contributed by atoms with van der Waals surface area (Å²) in [6.45, 7) is 5.20. The second kappa shape index (κ2) is 6.32. The first-order valence-corrected chi connectivity index (χ1v) is 6.51. The van der Waals surface area contributed by atoms with Crippen LogP contribution in [0.3, 0.4) is 0 Å². The first kappa shape index (κ1) is 15.9. The van der Waals surface area contributed by atoms with Crippen molar-refractivity contribution in [1.29, 1.82) is 0 Å². The van der Waals surface area contributed by atoms with Crippen LogP contribution in [0.15, 0.2) is 22.7 Å². The molecule has 0 aromatic heterocycles. The molecule has 0 unspecified atom stereocenters. The Kier molecular flexibility index (Phi) is 5.29. The molecule has 0 aliphatic rings. The average molecular weight is 336 g/mol. The highest BCUT2D eigenvalue weighted by Gasteiger charge is 2.17. The monoisotopic (exact) mass is 335 g/mol. The van der Waals surface area contributed by atoms with Crippen LogP contribution in [-0.4, -0.2) is 11.7 Å². The first-order chi connectivity index (χ1) is 8.69. The number of alkyl carbamates (subject to hydrolysis) is 1. The number of carbonyl (C=O) groups excluding carboxylic acids is 1. The van der Waals surface area contributed by atoms with Crippen molar-refractivity contribution in [2.45, 2.75) is 39.3 Å². The van der Waals surface area contributed by atoms with Gasteiger partial charge in [-0.25, -0.2) is 13.6 Å². The molecule has 1 aromatic rings. The Hall–Kier alpha value is -1.17. The molecule has 106 valence electrons. The van der Waals surface area contributed by atoms with Gasteiger partial charge in [-0.2, -0.15) is 0 Å². The Morgan fingerprint density at radius 1 is 1.42 bits per heavy atom. The predicted octanol–water partition coefficient (Wildman–Crippen LogP) is 4.41. The van der Waals surface area contributed by atoms with Crippen molar-refractivity contribution in [3.8, 4) is 0 Å². The van der Waals surface area contributed by atoms with Gasteiger partial charge in [0.1, 0.15) is 5.60 Å². The molecule has 1 rings (SSSR count). The average Bonchev–Trinajstić information content (AvgIpc) is 2.24. The summed E-state index contributed by atoms with van der Waals surface area (Å²) in [5.41, 5.74) is -0.357. The maximum atomic E-state index is 12.8. The van der Waals surface area contributed by atoms with Crippen molar-refractivity contribution in [3.05, 3.63) is 33.8 Å². The van der Waals surface area contributed by atoms with Crippen molar-refractivity contribution in [2.24, 2.45) is 0 Å². The van der Waals surface area contributed by atoms with Crippen LogP contribution in [0.1, 0.15) is 38.3 Å². The molecule has 0 saturated heterocycles. The summed E-state index contributed by atoms with van der Waals surface area (Å²) < 4.78 is 31.3. The van der Waals surface area contributed by atoms with Gasteiger partial charge in [-0.1, -0.05) is 22.0 Å². The van der Waals surface area contributed by atoms with Crippen LogP contribution in [0.2, 0.25) is 0 Å².